The summed E-state index contributed by atoms with van der Waals surface area (Å²) in [5.41, 5.74) is 1.40. The van der Waals surface area contributed by atoms with Gasteiger partial charge in [-0.3, -0.25) is 9.69 Å². The zero-order chi connectivity index (χ0) is 17.5. The Labute approximate surface area is 155 Å². The number of piperidine rings is 1. The second-order valence-corrected chi connectivity index (χ2v) is 7.98. The van der Waals surface area contributed by atoms with Crippen LogP contribution in [0.25, 0.3) is 0 Å². The van der Waals surface area contributed by atoms with E-state index >= 15 is 0 Å². The highest BCUT2D eigenvalue weighted by atomic mass is 32.2. The molecule has 2 aliphatic rings. The van der Waals surface area contributed by atoms with Crippen molar-refractivity contribution < 1.29 is 9.53 Å². The van der Waals surface area contributed by atoms with E-state index in [1.165, 1.54) is 23.3 Å². The lowest BCUT2D eigenvalue weighted by Gasteiger charge is -2.32. The third-order valence-corrected chi connectivity index (χ3v) is 6.15. The second-order valence-electron chi connectivity index (χ2n) is 7.10. The van der Waals surface area contributed by atoms with E-state index in [1.54, 1.807) is 11.8 Å². The molecule has 0 saturated carbocycles. The summed E-state index contributed by atoms with van der Waals surface area (Å²) >= 11 is 1.79. The fraction of sp³-hybridized carbons (Fsp3) is 0.650. The van der Waals surface area contributed by atoms with E-state index in [4.69, 9.17) is 4.74 Å². The predicted octanol–water partition coefficient (Wildman–Crippen LogP) is 3.26. The SMILES string of the molecule is CSc1ccc(CN2CCC(CCC(=O)N3CCOCC3)CC2)cc1. The molecule has 25 heavy (non-hydrogen) atoms. The minimum Gasteiger partial charge on any atom is -0.378 e. The topological polar surface area (TPSA) is 32.8 Å². The maximum Gasteiger partial charge on any atom is 0.222 e. The van der Waals surface area contributed by atoms with Crippen molar-refractivity contribution in [1.29, 1.82) is 0 Å². The normalized spacial score (nSPS) is 20.0. The van der Waals surface area contributed by atoms with E-state index < -0.39 is 0 Å². The van der Waals surface area contributed by atoms with Crippen LogP contribution in [0.15, 0.2) is 29.2 Å². The number of nitrogens with zero attached hydrogens (tertiary/aromatic N) is 2. The summed E-state index contributed by atoms with van der Waals surface area (Å²) in [7, 11) is 0. The molecule has 2 fully saturated rings. The first-order chi connectivity index (χ1) is 12.2. The molecule has 2 heterocycles. The number of benzene rings is 1. The van der Waals surface area contributed by atoms with Gasteiger partial charge in [-0.15, -0.1) is 11.8 Å². The van der Waals surface area contributed by atoms with Gasteiger partial charge in [-0.05, 0) is 62.2 Å². The molecular formula is C20H30N2O2S. The van der Waals surface area contributed by atoms with Crippen LogP contribution in [0.5, 0.6) is 0 Å². The van der Waals surface area contributed by atoms with Gasteiger partial charge in [-0.2, -0.15) is 0 Å². The Hall–Kier alpha value is -1.04. The van der Waals surface area contributed by atoms with E-state index in [9.17, 15) is 4.79 Å². The van der Waals surface area contributed by atoms with Crippen LogP contribution in [0.2, 0.25) is 0 Å². The number of hydrogen-bond donors (Lipinski definition) is 0. The van der Waals surface area contributed by atoms with Gasteiger partial charge < -0.3 is 9.64 Å². The Morgan fingerprint density at radius 3 is 2.44 bits per heavy atom. The van der Waals surface area contributed by atoms with Crippen molar-refractivity contribution in [2.75, 3.05) is 45.6 Å². The van der Waals surface area contributed by atoms with Crippen LogP contribution in [-0.2, 0) is 16.1 Å². The van der Waals surface area contributed by atoms with Crippen LogP contribution in [0, 0.1) is 5.92 Å². The Balaban J connectivity index is 1.35. The first-order valence-corrected chi connectivity index (χ1v) is 10.7. The van der Waals surface area contributed by atoms with Gasteiger partial charge in [0.2, 0.25) is 5.91 Å². The molecule has 0 spiro atoms. The molecule has 2 aliphatic heterocycles. The molecule has 138 valence electrons. The Morgan fingerprint density at radius 2 is 1.80 bits per heavy atom. The number of hydrogen-bond acceptors (Lipinski definition) is 4. The Morgan fingerprint density at radius 1 is 1.12 bits per heavy atom. The molecule has 5 heteroatoms. The molecule has 0 N–H and O–H groups in total. The molecule has 4 nitrogen and oxygen atoms in total. The van der Waals surface area contributed by atoms with Crippen LogP contribution < -0.4 is 0 Å². The lowest BCUT2D eigenvalue weighted by atomic mass is 9.91. The number of thioether (sulfide) groups is 1. The standard InChI is InChI=1S/C20H30N2O2S/c1-25-19-5-2-18(3-6-19)16-21-10-8-17(9-11-21)4-7-20(23)22-12-14-24-15-13-22/h2-3,5-6,17H,4,7-16H2,1H3. The van der Waals surface area contributed by atoms with Crippen LogP contribution in [-0.4, -0.2) is 61.4 Å². The van der Waals surface area contributed by atoms with E-state index in [0.717, 1.165) is 39.1 Å². The Kier molecular flexibility index (Phi) is 7.20. The summed E-state index contributed by atoms with van der Waals surface area (Å²) in [6.45, 7) is 6.29. The molecule has 0 radical (unpaired) electrons. The molecule has 1 amide bonds. The molecular weight excluding hydrogens is 332 g/mol. The van der Waals surface area contributed by atoms with Crippen molar-refractivity contribution in [3.8, 4) is 0 Å². The minimum atomic E-state index is 0.319. The molecule has 0 bridgehead atoms. The zero-order valence-electron chi connectivity index (χ0n) is 15.3. The van der Waals surface area contributed by atoms with Crippen LogP contribution >= 0.6 is 11.8 Å². The van der Waals surface area contributed by atoms with Gasteiger partial charge in [0, 0.05) is 31.0 Å². The smallest absolute Gasteiger partial charge is 0.222 e. The number of carbonyl (C=O) groups excluding carboxylic acids is 1. The highest BCUT2D eigenvalue weighted by Crippen LogP contribution is 2.24. The van der Waals surface area contributed by atoms with Crippen molar-refractivity contribution in [3.05, 3.63) is 29.8 Å². The highest BCUT2D eigenvalue weighted by molar-refractivity contribution is 7.98. The number of carbonyl (C=O) groups is 1. The zero-order valence-corrected chi connectivity index (χ0v) is 16.1. The first-order valence-electron chi connectivity index (χ1n) is 9.45. The molecule has 0 atom stereocenters. The van der Waals surface area contributed by atoms with Crippen molar-refractivity contribution in [1.82, 2.24) is 9.80 Å². The first kappa shape index (κ1) is 18.7. The average molecular weight is 363 g/mol. The number of amides is 1. The van der Waals surface area contributed by atoms with Gasteiger partial charge in [-0.1, -0.05) is 12.1 Å². The maximum absolute atomic E-state index is 12.3. The van der Waals surface area contributed by atoms with Crippen molar-refractivity contribution >= 4 is 17.7 Å². The van der Waals surface area contributed by atoms with Crippen LogP contribution in [0.3, 0.4) is 0 Å². The summed E-state index contributed by atoms with van der Waals surface area (Å²) in [4.78, 5) is 18.1. The van der Waals surface area contributed by atoms with Crippen molar-refractivity contribution in [3.63, 3.8) is 0 Å². The van der Waals surface area contributed by atoms with E-state index in [-0.39, 0.29) is 0 Å². The largest absolute Gasteiger partial charge is 0.378 e. The lowest BCUT2D eigenvalue weighted by molar-refractivity contribution is -0.135. The summed E-state index contributed by atoms with van der Waals surface area (Å²) in [5.74, 6) is 1.03. The number of rotatable bonds is 6. The van der Waals surface area contributed by atoms with Gasteiger partial charge in [0.05, 0.1) is 13.2 Å². The monoisotopic (exact) mass is 362 g/mol. The van der Waals surface area contributed by atoms with E-state index in [0.29, 0.717) is 31.5 Å². The molecule has 0 aromatic heterocycles. The van der Waals surface area contributed by atoms with Gasteiger partial charge in [0.1, 0.15) is 0 Å². The summed E-state index contributed by atoms with van der Waals surface area (Å²) in [5, 5.41) is 0. The van der Waals surface area contributed by atoms with Gasteiger partial charge >= 0.3 is 0 Å². The van der Waals surface area contributed by atoms with Gasteiger partial charge in [0.25, 0.3) is 0 Å². The number of morpholine rings is 1. The van der Waals surface area contributed by atoms with Crippen LogP contribution in [0.4, 0.5) is 0 Å². The molecule has 3 rings (SSSR count). The third kappa shape index (κ3) is 5.73. The van der Waals surface area contributed by atoms with E-state index in [2.05, 4.69) is 35.4 Å². The maximum atomic E-state index is 12.3. The fourth-order valence-corrected chi connectivity index (χ4v) is 4.13. The summed E-state index contributed by atoms with van der Waals surface area (Å²) in [6, 6.07) is 8.92. The summed E-state index contributed by atoms with van der Waals surface area (Å²) in [6.07, 6.45) is 6.31. The highest BCUT2D eigenvalue weighted by Gasteiger charge is 2.22. The van der Waals surface area contributed by atoms with Crippen LogP contribution in [0.1, 0.15) is 31.2 Å². The molecule has 0 unspecified atom stereocenters. The molecule has 1 aromatic rings. The minimum absolute atomic E-state index is 0.319. The van der Waals surface area contributed by atoms with Crippen molar-refractivity contribution in [2.45, 2.75) is 37.1 Å². The quantitative estimate of drug-likeness (QED) is 0.727. The Bertz CT molecular complexity index is 535. The summed E-state index contributed by atoms with van der Waals surface area (Å²) < 4.78 is 5.32. The van der Waals surface area contributed by atoms with Crippen molar-refractivity contribution in [2.24, 2.45) is 5.92 Å². The second kappa shape index (κ2) is 9.60. The third-order valence-electron chi connectivity index (χ3n) is 5.40. The average Bonchev–Trinajstić information content (AvgIpc) is 2.68. The lowest BCUT2D eigenvalue weighted by Crippen LogP contribution is -2.41. The predicted molar refractivity (Wildman–Crippen MR) is 103 cm³/mol. The number of ether oxygens (including phenoxy) is 1. The molecule has 2 saturated heterocycles. The van der Waals surface area contributed by atoms with Gasteiger partial charge in [0.15, 0.2) is 0 Å². The number of likely N-dealkylation sites (tertiary alicyclic amines) is 1. The van der Waals surface area contributed by atoms with Gasteiger partial charge in [-0.25, -0.2) is 0 Å². The molecule has 1 aromatic carbocycles. The van der Waals surface area contributed by atoms with E-state index in [1.807, 2.05) is 4.90 Å². The molecule has 0 aliphatic carbocycles. The fourth-order valence-electron chi connectivity index (χ4n) is 3.72.